The molecule has 0 aromatic heterocycles. The van der Waals surface area contributed by atoms with Crippen LogP contribution in [0, 0.1) is 5.82 Å². The van der Waals surface area contributed by atoms with Crippen LogP contribution in [0.15, 0.2) is 82.2 Å². The fourth-order valence-corrected chi connectivity index (χ4v) is 3.89. The van der Waals surface area contributed by atoms with Gasteiger partial charge in [-0.05, 0) is 55.0 Å². The van der Waals surface area contributed by atoms with Crippen molar-refractivity contribution < 1.29 is 14.0 Å². The van der Waals surface area contributed by atoms with Crippen molar-refractivity contribution in [1.29, 1.82) is 0 Å². The maximum absolute atomic E-state index is 13.9. The number of rotatable bonds is 7. The molecule has 30 heavy (non-hydrogen) atoms. The number of hydrogen-bond acceptors (Lipinski definition) is 3. The molecule has 0 saturated heterocycles. The Kier molecular flexibility index (Phi) is 7.65. The molecular formula is C23H20BrFN2O2S. The normalized spacial score (nSPS) is 11.6. The van der Waals surface area contributed by atoms with Gasteiger partial charge >= 0.3 is 0 Å². The van der Waals surface area contributed by atoms with E-state index in [4.69, 9.17) is 0 Å². The van der Waals surface area contributed by atoms with Crippen molar-refractivity contribution >= 4 is 50.9 Å². The lowest BCUT2D eigenvalue weighted by Crippen LogP contribution is -2.22. The summed E-state index contributed by atoms with van der Waals surface area (Å²) in [6.45, 7) is 1.76. The summed E-state index contributed by atoms with van der Waals surface area (Å²) in [5.74, 6) is -0.877. The smallest absolute Gasteiger partial charge is 0.237 e. The zero-order chi connectivity index (χ0) is 21.5. The number of carbonyl (C=O) groups excluding carboxylic acids is 2. The van der Waals surface area contributed by atoms with Gasteiger partial charge in [0, 0.05) is 15.1 Å². The highest BCUT2D eigenvalue weighted by molar-refractivity contribution is 9.10. The number of nitrogens with one attached hydrogen (secondary N) is 2. The van der Waals surface area contributed by atoms with E-state index in [1.54, 1.807) is 25.1 Å². The highest BCUT2D eigenvalue weighted by Gasteiger charge is 2.16. The predicted octanol–water partition coefficient (Wildman–Crippen LogP) is 5.89. The van der Waals surface area contributed by atoms with E-state index in [1.807, 2.05) is 42.5 Å². The summed E-state index contributed by atoms with van der Waals surface area (Å²) >= 11 is 4.54. The van der Waals surface area contributed by atoms with Gasteiger partial charge < -0.3 is 10.6 Å². The van der Waals surface area contributed by atoms with Gasteiger partial charge in [0.2, 0.25) is 11.8 Å². The van der Waals surface area contributed by atoms with Gasteiger partial charge in [-0.2, -0.15) is 0 Å². The summed E-state index contributed by atoms with van der Waals surface area (Å²) in [6.07, 6.45) is 0.307. The van der Waals surface area contributed by atoms with E-state index < -0.39 is 11.1 Å². The van der Waals surface area contributed by atoms with Crippen molar-refractivity contribution in [1.82, 2.24) is 0 Å². The van der Waals surface area contributed by atoms with Crippen molar-refractivity contribution in [2.24, 2.45) is 0 Å². The Labute approximate surface area is 187 Å². The highest BCUT2D eigenvalue weighted by Crippen LogP contribution is 2.26. The molecule has 1 unspecified atom stereocenters. The Hall–Kier alpha value is -2.64. The van der Waals surface area contributed by atoms with Crippen molar-refractivity contribution in [2.75, 3.05) is 10.6 Å². The second kappa shape index (κ2) is 10.4. The number of amides is 2. The molecule has 154 valence electrons. The van der Waals surface area contributed by atoms with Gasteiger partial charge in [0.15, 0.2) is 0 Å². The second-order valence-electron chi connectivity index (χ2n) is 6.61. The van der Waals surface area contributed by atoms with Crippen LogP contribution in [0.25, 0.3) is 0 Å². The maximum atomic E-state index is 13.9. The Bertz CT molecular complexity index is 1030. The molecule has 0 saturated carbocycles. The minimum absolute atomic E-state index is 0.0918. The third-order valence-corrected chi connectivity index (χ3v) is 5.82. The number of halogens is 2. The minimum Gasteiger partial charge on any atom is -0.326 e. The molecule has 2 amide bonds. The molecule has 0 aliphatic carbocycles. The molecule has 0 radical (unpaired) electrons. The van der Waals surface area contributed by atoms with Crippen LogP contribution < -0.4 is 10.6 Å². The number of hydrogen-bond donors (Lipinski definition) is 2. The molecule has 7 heteroatoms. The number of thioether (sulfide) groups is 1. The quantitative estimate of drug-likeness (QED) is 0.409. The standard InChI is InChI=1S/C23H20BrFN2O2S/c1-15(23(29)27-21-12-7-17(24)14-20(21)25)30-19-10-8-18(9-11-19)26-22(28)13-16-5-3-2-4-6-16/h2-12,14-15H,13H2,1H3,(H,26,28)(H,27,29). The molecule has 0 heterocycles. The van der Waals surface area contributed by atoms with Gasteiger partial charge in [0.05, 0.1) is 17.4 Å². The Morgan fingerprint density at radius 2 is 1.70 bits per heavy atom. The average molecular weight is 487 g/mol. The molecule has 0 fully saturated rings. The highest BCUT2D eigenvalue weighted by atomic mass is 79.9. The van der Waals surface area contributed by atoms with Gasteiger partial charge in [0.25, 0.3) is 0 Å². The van der Waals surface area contributed by atoms with Crippen molar-refractivity contribution in [3.8, 4) is 0 Å². The summed E-state index contributed by atoms with van der Waals surface area (Å²) in [7, 11) is 0. The van der Waals surface area contributed by atoms with Crippen LogP contribution in [0.2, 0.25) is 0 Å². The van der Waals surface area contributed by atoms with Crippen LogP contribution in [0.3, 0.4) is 0 Å². The van der Waals surface area contributed by atoms with E-state index in [0.717, 1.165) is 10.5 Å². The van der Waals surface area contributed by atoms with Gasteiger partial charge in [-0.1, -0.05) is 46.3 Å². The van der Waals surface area contributed by atoms with Crippen LogP contribution in [0.5, 0.6) is 0 Å². The number of carbonyl (C=O) groups is 2. The van der Waals surface area contributed by atoms with Crippen LogP contribution in [-0.2, 0) is 16.0 Å². The van der Waals surface area contributed by atoms with Crippen LogP contribution in [-0.4, -0.2) is 17.1 Å². The first-order valence-electron chi connectivity index (χ1n) is 9.27. The molecule has 3 rings (SSSR count). The third-order valence-electron chi connectivity index (χ3n) is 4.22. The molecule has 0 spiro atoms. The van der Waals surface area contributed by atoms with E-state index in [2.05, 4.69) is 26.6 Å². The summed E-state index contributed by atoms with van der Waals surface area (Å²) in [5.41, 5.74) is 1.78. The molecule has 0 aliphatic rings. The summed E-state index contributed by atoms with van der Waals surface area (Å²) in [5, 5.41) is 5.05. The first kappa shape index (κ1) is 22.1. The van der Waals surface area contributed by atoms with Crippen LogP contribution in [0.4, 0.5) is 15.8 Å². The largest absolute Gasteiger partial charge is 0.326 e. The van der Waals surface area contributed by atoms with Crippen LogP contribution >= 0.6 is 27.7 Å². The molecule has 2 N–H and O–H groups in total. The SMILES string of the molecule is CC(Sc1ccc(NC(=O)Cc2ccccc2)cc1)C(=O)Nc1ccc(Br)cc1F. The third kappa shape index (κ3) is 6.43. The van der Waals surface area contributed by atoms with Gasteiger partial charge in [-0.3, -0.25) is 9.59 Å². The van der Waals surface area contributed by atoms with Crippen LogP contribution in [0.1, 0.15) is 12.5 Å². The van der Waals surface area contributed by atoms with Crippen molar-refractivity contribution in [3.05, 3.63) is 88.6 Å². The molecule has 0 bridgehead atoms. The molecule has 0 aliphatic heterocycles. The Morgan fingerprint density at radius 3 is 2.37 bits per heavy atom. The zero-order valence-corrected chi connectivity index (χ0v) is 18.6. The Morgan fingerprint density at radius 1 is 1.00 bits per heavy atom. The lowest BCUT2D eigenvalue weighted by atomic mass is 10.1. The summed E-state index contributed by atoms with van der Waals surface area (Å²) in [4.78, 5) is 25.4. The van der Waals surface area contributed by atoms with Gasteiger partial charge in [-0.15, -0.1) is 11.8 Å². The van der Waals surface area contributed by atoms with E-state index in [1.165, 1.54) is 23.9 Å². The summed E-state index contributed by atoms with van der Waals surface area (Å²) < 4.78 is 14.5. The molecule has 3 aromatic rings. The van der Waals surface area contributed by atoms with Crippen molar-refractivity contribution in [3.63, 3.8) is 0 Å². The number of benzene rings is 3. The first-order valence-corrected chi connectivity index (χ1v) is 10.9. The van der Waals surface area contributed by atoms with Gasteiger partial charge in [0.1, 0.15) is 5.82 Å². The lowest BCUT2D eigenvalue weighted by molar-refractivity contribution is -0.116. The van der Waals surface area contributed by atoms with Gasteiger partial charge in [-0.25, -0.2) is 4.39 Å². The van der Waals surface area contributed by atoms with E-state index in [-0.39, 0.29) is 17.5 Å². The van der Waals surface area contributed by atoms with E-state index in [9.17, 15) is 14.0 Å². The fraction of sp³-hybridized carbons (Fsp3) is 0.130. The van der Waals surface area contributed by atoms with Crippen molar-refractivity contribution in [2.45, 2.75) is 23.5 Å². The monoisotopic (exact) mass is 486 g/mol. The minimum atomic E-state index is -0.495. The first-order chi connectivity index (χ1) is 14.4. The molecule has 4 nitrogen and oxygen atoms in total. The molecular weight excluding hydrogens is 467 g/mol. The number of anilines is 2. The fourth-order valence-electron chi connectivity index (χ4n) is 2.69. The van der Waals surface area contributed by atoms with E-state index >= 15 is 0 Å². The lowest BCUT2D eigenvalue weighted by Gasteiger charge is -2.13. The Balaban J connectivity index is 1.53. The van der Waals surface area contributed by atoms with E-state index in [0.29, 0.717) is 16.6 Å². The predicted molar refractivity (Wildman–Crippen MR) is 123 cm³/mol. The zero-order valence-electron chi connectivity index (χ0n) is 16.2. The maximum Gasteiger partial charge on any atom is 0.237 e. The second-order valence-corrected chi connectivity index (χ2v) is 8.94. The molecule has 1 atom stereocenters. The topological polar surface area (TPSA) is 58.2 Å². The molecule has 3 aromatic carbocycles. The average Bonchev–Trinajstić information content (AvgIpc) is 2.72. The summed E-state index contributed by atoms with van der Waals surface area (Å²) in [6, 6.07) is 21.3.